The van der Waals surface area contributed by atoms with Crippen LogP contribution < -0.4 is 0 Å². The molecule has 86 valence electrons. The van der Waals surface area contributed by atoms with Gasteiger partial charge in [0.25, 0.3) is 0 Å². The van der Waals surface area contributed by atoms with Gasteiger partial charge in [-0.2, -0.15) is 0 Å². The number of hydrogen-bond acceptors (Lipinski definition) is 2. The lowest BCUT2D eigenvalue weighted by Crippen LogP contribution is -2.37. The number of carbonyl (C=O) groups excluding carboxylic acids is 2. The molecule has 1 amide bonds. The molecule has 0 spiro atoms. The zero-order valence-electron chi connectivity index (χ0n) is 9.58. The van der Waals surface area contributed by atoms with Gasteiger partial charge in [0, 0.05) is 13.0 Å². The molecule has 1 aliphatic carbocycles. The molecule has 0 bridgehead atoms. The Morgan fingerprint density at radius 1 is 1.40 bits per heavy atom. The summed E-state index contributed by atoms with van der Waals surface area (Å²) in [5, 5.41) is 0. The van der Waals surface area contributed by atoms with Crippen LogP contribution in [0.5, 0.6) is 0 Å². The highest BCUT2D eigenvalue weighted by atomic mass is 16.1. The Kier molecular flexibility index (Phi) is 5.37. The molecule has 1 saturated carbocycles. The van der Waals surface area contributed by atoms with Crippen molar-refractivity contribution in [1.29, 1.82) is 0 Å². The largest absolute Gasteiger partial charge is 0.335 e. The van der Waals surface area contributed by atoms with Crippen LogP contribution in [0.3, 0.4) is 0 Å². The highest BCUT2D eigenvalue weighted by molar-refractivity contribution is 5.87. The van der Waals surface area contributed by atoms with Gasteiger partial charge in [0.05, 0.1) is 6.04 Å². The van der Waals surface area contributed by atoms with Crippen LogP contribution in [-0.2, 0) is 9.59 Å². The number of carbonyl (C=O) groups is 2. The molecular weight excluding hydrogens is 190 g/mol. The molecule has 0 heterocycles. The monoisotopic (exact) mass is 211 g/mol. The Labute approximate surface area is 91.8 Å². The van der Waals surface area contributed by atoms with Crippen molar-refractivity contribution in [1.82, 2.24) is 4.90 Å². The second kappa shape index (κ2) is 6.59. The van der Waals surface area contributed by atoms with E-state index in [0.717, 1.165) is 38.6 Å². The first-order valence-electron chi connectivity index (χ1n) is 6.03. The van der Waals surface area contributed by atoms with Crippen LogP contribution >= 0.6 is 0 Å². The molecule has 3 nitrogen and oxygen atoms in total. The van der Waals surface area contributed by atoms with Gasteiger partial charge in [-0.1, -0.05) is 26.2 Å². The van der Waals surface area contributed by atoms with Crippen molar-refractivity contribution < 1.29 is 9.59 Å². The van der Waals surface area contributed by atoms with E-state index in [1.807, 2.05) is 0 Å². The Morgan fingerprint density at radius 3 is 2.73 bits per heavy atom. The van der Waals surface area contributed by atoms with Gasteiger partial charge in [0.15, 0.2) is 5.78 Å². The van der Waals surface area contributed by atoms with Gasteiger partial charge >= 0.3 is 0 Å². The first-order chi connectivity index (χ1) is 7.29. The number of amides is 1. The van der Waals surface area contributed by atoms with Crippen molar-refractivity contribution in [2.24, 2.45) is 0 Å². The van der Waals surface area contributed by atoms with Crippen LogP contribution in [0, 0.1) is 0 Å². The topological polar surface area (TPSA) is 37.4 Å². The minimum atomic E-state index is -0.107. The van der Waals surface area contributed by atoms with Crippen LogP contribution in [0.15, 0.2) is 0 Å². The second-order valence-electron chi connectivity index (χ2n) is 4.28. The van der Waals surface area contributed by atoms with Crippen molar-refractivity contribution in [3.05, 3.63) is 0 Å². The van der Waals surface area contributed by atoms with Crippen molar-refractivity contribution in [3.63, 3.8) is 0 Å². The minimum Gasteiger partial charge on any atom is -0.335 e. The number of Topliss-reactive ketones (excluding diaryl/α,β-unsaturated/α-hetero) is 1. The molecule has 15 heavy (non-hydrogen) atoms. The lowest BCUT2D eigenvalue weighted by atomic mass is 10.1. The summed E-state index contributed by atoms with van der Waals surface area (Å²) in [6, 6.07) is -0.107. The van der Waals surface area contributed by atoms with Crippen LogP contribution in [0.2, 0.25) is 0 Å². The smallest absolute Gasteiger partial charge is 0.210 e. The third kappa shape index (κ3) is 3.65. The average Bonchev–Trinajstić information content (AvgIpc) is 2.65. The molecule has 0 aromatic rings. The summed E-state index contributed by atoms with van der Waals surface area (Å²) in [6.07, 6.45) is 7.91. The minimum absolute atomic E-state index is 0.107. The fourth-order valence-corrected chi connectivity index (χ4v) is 2.15. The van der Waals surface area contributed by atoms with Gasteiger partial charge in [-0.05, 0) is 19.3 Å². The van der Waals surface area contributed by atoms with Gasteiger partial charge < -0.3 is 4.90 Å². The molecule has 0 N–H and O–H groups in total. The maximum Gasteiger partial charge on any atom is 0.210 e. The molecule has 0 radical (unpaired) electrons. The Hall–Kier alpha value is -0.860. The Morgan fingerprint density at radius 2 is 2.20 bits per heavy atom. The number of rotatable bonds is 7. The summed E-state index contributed by atoms with van der Waals surface area (Å²) in [7, 11) is 0. The van der Waals surface area contributed by atoms with E-state index in [4.69, 9.17) is 0 Å². The third-order valence-corrected chi connectivity index (χ3v) is 3.08. The molecule has 0 aromatic carbocycles. The molecule has 0 aliphatic heterocycles. The molecule has 1 fully saturated rings. The first-order valence-corrected chi connectivity index (χ1v) is 6.03. The van der Waals surface area contributed by atoms with E-state index in [2.05, 4.69) is 6.92 Å². The zero-order chi connectivity index (χ0) is 11.1. The van der Waals surface area contributed by atoms with E-state index >= 15 is 0 Å². The summed E-state index contributed by atoms with van der Waals surface area (Å²) in [6.45, 7) is 2.91. The van der Waals surface area contributed by atoms with E-state index < -0.39 is 0 Å². The molecule has 3 heteroatoms. The molecule has 1 rings (SSSR count). The van der Waals surface area contributed by atoms with E-state index in [-0.39, 0.29) is 11.8 Å². The highest BCUT2D eigenvalue weighted by Gasteiger charge is 2.28. The average molecular weight is 211 g/mol. The second-order valence-corrected chi connectivity index (χ2v) is 4.28. The summed E-state index contributed by atoms with van der Waals surface area (Å²) in [5.74, 6) is 0.248. The van der Waals surface area contributed by atoms with Crippen LogP contribution in [-0.4, -0.2) is 29.7 Å². The van der Waals surface area contributed by atoms with Crippen molar-refractivity contribution >= 4 is 12.2 Å². The van der Waals surface area contributed by atoms with Crippen molar-refractivity contribution in [2.75, 3.05) is 6.54 Å². The zero-order valence-corrected chi connectivity index (χ0v) is 9.58. The molecule has 0 saturated heterocycles. The van der Waals surface area contributed by atoms with Gasteiger partial charge in [-0.15, -0.1) is 0 Å². The summed E-state index contributed by atoms with van der Waals surface area (Å²) >= 11 is 0. The number of unbranched alkanes of at least 4 members (excludes halogenated alkanes) is 3. The predicted octanol–water partition coefficient (Wildman–Crippen LogP) is 2.15. The summed E-state index contributed by atoms with van der Waals surface area (Å²) < 4.78 is 0. The maximum absolute atomic E-state index is 11.5. The lowest BCUT2D eigenvalue weighted by molar-refractivity contribution is -0.129. The van der Waals surface area contributed by atoms with Crippen LogP contribution in [0.1, 0.15) is 51.9 Å². The van der Waals surface area contributed by atoms with E-state index in [0.29, 0.717) is 6.42 Å². The Bertz CT molecular complexity index is 216. The van der Waals surface area contributed by atoms with Gasteiger partial charge in [0.2, 0.25) is 6.41 Å². The molecule has 0 aromatic heterocycles. The van der Waals surface area contributed by atoms with Gasteiger partial charge in [-0.25, -0.2) is 0 Å². The Balaban J connectivity index is 2.28. The van der Waals surface area contributed by atoms with E-state index in [1.54, 1.807) is 4.90 Å². The number of hydrogen-bond donors (Lipinski definition) is 0. The maximum atomic E-state index is 11.5. The summed E-state index contributed by atoms with van der Waals surface area (Å²) in [5.41, 5.74) is 0. The van der Waals surface area contributed by atoms with Gasteiger partial charge in [0.1, 0.15) is 0 Å². The van der Waals surface area contributed by atoms with Crippen LogP contribution in [0.4, 0.5) is 0 Å². The first kappa shape index (κ1) is 12.2. The molecule has 1 atom stereocenters. The normalized spacial score (nSPS) is 20.6. The van der Waals surface area contributed by atoms with E-state index in [1.165, 1.54) is 12.8 Å². The number of ketones is 1. The lowest BCUT2D eigenvalue weighted by Gasteiger charge is -2.23. The van der Waals surface area contributed by atoms with Gasteiger partial charge in [-0.3, -0.25) is 9.59 Å². The highest BCUT2D eigenvalue weighted by Crippen LogP contribution is 2.19. The van der Waals surface area contributed by atoms with Crippen molar-refractivity contribution in [2.45, 2.75) is 57.9 Å². The molecule has 1 unspecified atom stereocenters. The molecule has 1 aliphatic rings. The van der Waals surface area contributed by atoms with E-state index in [9.17, 15) is 9.59 Å². The third-order valence-electron chi connectivity index (χ3n) is 3.08. The standard InChI is InChI=1S/C12H21NO2/c1-2-3-4-5-9-13(10-14)11-7-6-8-12(11)15/h10-11H,2-9H2,1H3. The van der Waals surface area contributed by atoms with Crippen LogP contribution in [0.25, 0.3) is 0 Å². The quantitative estimate of drug-likeness (QED) is 0.478. The molecular formula is C12H21NO2. The van der Waals surface area contributed by atoms with Crippen molar-refractivity contribution in [3.8, 4) is 0 Å². The summed E-state index contributed by atoms with van der Waals surface area (Å²) in [4.78, 5) is 24.0. The fraction of sp³-hybridized carbons (Fsp3) is 0.833. The SMILES string of the molecule is CCCCCCN(C=O)C1CCCC1=O. The number of nitrogens with zero attached hydrogens (tertiary/aromatic N) is 1. The fourth-order valence-electron chi connectivity index (χ4n) is 2.15. The predicted molar refractivity (Wildman–Crippen MR) is 59.6 cm³/mol.